The van der Waals surface area contributed by atoms with E-state index in [-0.39, 0.29) is 22.0 Å². The second kappa shape index (κ2) is 14.2. The van der Waals surface area contributed by atoms with E-state index in [1.54, 1.807) is 81.6 Å². The van der Waals surface area contributed by atoms with Crippen LogP contribution in [0.5, 0.6) is 5.75 Å². The summed E-state index contributed by atoms with van der Waals surface area (Å²) in [5.41, 5.74) is -1.23. The SMILES string of the molecule is C=CC(C)(C)OC(=O)C1C2CC3C(OC(=O)C31)C2OC(=O)C(=O)Oc1c(I)cc(I)c(C(=O)OCCOC(=O)C(F)(F)S(=O)(=O)O)c1I. The summed E-state index contributed by atoms with van der Waals surface area (Å²) in [7, 11) is -6.10. The summed E-state index contributed by atoms with van der Waals surface area (Å²) in [6, 6.07) is 1.38. The summed E-state index contributed by atoms with van der Waals surface area (Å²) in [5, 5.41) is -5.24. The largest absolute Gasteiger partial charge is 0.465 e. The summed E-state index contributed by atoms with van der Waals surface area (Å²) >= 11 is 5.14. The number of esters is 6. The van der Waals surface area contributed by atoms with Gasteiger partial charge in [-0.25, -0.2) is 19.2 Å². The Kier molecular flexibility index (Phi) is 11.4. The van der Waals surface area contributed by atoms with Gasteiger partial charge >= 0.3 is 51.2 Å². The van der Waals surface area contributed by atoms with Gasteiger partial charge in [-0.1, -0.05) is 6.58 Å². The molecule has 15 nitrogen and oxygen atoms in total. The van der Waals surface area contributed by atoms with Crippen LogP contribution in [0.3, 0.4) is 0 Å². The molecular weight excluding hydrogens is 1020 g/mol. The fourth-order valence-electron chi connectivity index (χ4n) is 5.53. The molecule has 0 radical (unpaired) electrons. The number of hydrogen-bond acceptors (Lipinski definition) is 14. The smallest absolute Gasteiger partial charge is 0.458 e. The Labute approximate surface area is 311 Å². The number of carbonyl (C=O) groups excluding carboxylic acids is 6. The molecular formula is C27H23F2I3O15S. The van der Waals surface area contributed by atoms with E-state index in [0.29, 0.717) is 6.42 Å². The molecule has 2 aliphatic carbocycles. The van der Waals surface area contributed by atoms with Gasteiger partial charge in [0.1, 0.15) is 31.0 Å². The van der Waals surface area contributed by atoms with Crippen LogP contribution < -0.4 is 4.74 Å². The molecule has 1 heterocycles. The van der Waals surface area contributed by atoms with Gasteiger partial charge in [-0.3, -0.25) is 14.1 Å². The summed E-state index contributed by atoms with van der Waals surface area (Å²) in [6.45, 7) is 5.00. The maximum absolute atomic E-state index is 13.3. The highest BCUT2D eigenvalue weighted by atomic mass is 127. The number of halogens is 5. The van der Waals surface area contributed by atoms with Gasteiger partial charge in [0.05, 0.1) is 24.5 Å². The molecule has 21 heteroatoms. The number of alkyl halides is 2. The Balaban J connectivity index is 1.42. The summed E-state index contributed by atoms with van der Waals surface area (Å²) in [5.74, 6) is -11.1. The van der Waals surface area contributed by atoms with Crippen molar-refractivity contribution in [1.82, 2.24) is 0 Å². The quantitative estimate of drug-likeness (QED) is 0.0494. The molecule has 2 saturated carbocycles. The molecule has 2 bridgehead atoms. The molecule has 1 N–H and O–H groups in total. The van der Waals surface area contributed by atoms with Crippen LogP contribution in [0.4, 0.5) is 8.78 Å². The standard InChI is InChI=1S/C27H23F2I3O15S/c1-4-26(2,3)47-22(35)14-10-7-9-13(14)21(34)44-17(9)18(10)45-23(36)24(37)46-19-12(31)8-11(30)15(16(19)32)20(33)42-5-6-43-25(38)27(28,29)48(39,40)41/h4,8-10,13-14,17-18H,1,5-7H2,2-3H3,(H,39,40,41). The molecule has 0 amide bonds. The molecule has 262 valence electrons. The zero-order valence-corrected chi connectivity index (χ0v) is 31.7. The summed E-state index contributed by atoms with van der Waals surface area (Å²) < 4.78 is 87.4. The van der Waals surface area contributed by atoms with Gasteiger partial charge < -0.3 is 28.4 Å². The predicted octanol–water partition coefficient (Wildman–Crippen LogP) is 2.81. The number of hydrogen-bond donors (Lipinski definition) is 1. The van der Waals surface area contributed by atoms with E-state index in [0.717, 1.165) is 0 Å². The summed E-state index contributed by atoms with van der Waals surface area (Å²) in [6.07, 6.45) is -0.298. The molecule has 48 heavy (non-hydrogen) atoms. The van der Waals surface area contributed by atoms with Gasteiger partial charge in [0, 0.05) is 15.4 Å². The lowest BCUT2D eigenvalue weighted by atomic mass is 9.78. The number of fused-ring (bicyclic) bond motifs is 1. The van der Waals surface area contributed by atoms with E-state index in [9.17, 15) is 46.0 Å². The van der Waals surface area contributed by atoms with Crippen LogP contribution >= 0.6 is 67.8 Å². The highest BCUT2D eigenvalue weighted by molar-refractivity contribution is 14.1. The third kappa shape index (κ3) is 7.42. The van der Waals surface area contributed by atoms with Crippen molar-refractivity contribution in [3.05, 3.63) is 35.0 Å². The molecule has 6 atom stereocenters. The van der Waals surface area contributed by atoms with Crippen LogP contribution in [-0.2, 0) is 57.8 Å². The van der Waals surface area contributed by atoms with Gasteiger partial charge in [0.2, 0.25) is 0 Å². The first-order chi connectivity index (χ1) is 22.1. The number of benzene rings is 1. The second-order valence-electron chi connectivity index (χ2n) is 11.1. The lowest BCUT2D eigenvalue weighted by Gasteiger charge is -2.32. The third-order valence-electron chi connectivity index (χ3n) is 7.72. The maximum atomic E-state index is 13.3. The number of rotatable bonds is 11. The normalized spacial score (nSPS) is 24.4. The Morgan fingerprint density at radius 1 is 1.06 bits per heavy atom. The van der Waals surface area contributed by atoms with Gasteiger partial charge in [-0.15, -0.1) is 0 Å². The minimum Gasteiger partial charge on any atom is -0.458 e. The molecule has 6 unspecified atom stereocenters. The van der Waals surface area contributed by atoms with Crippen molar-refractivity contribution in [2.24, 2.45) is 23.7 Å². The minimum absolute atomic E-state index is 0.0231. The average Bonchev–Trinajstić information content (AvgIpc) is 3.60. The van der Waals surface area contributed by atoms with Crippen LogP contribution in [-0.4, -0.2) is 85.1 Å². The monoisotopic (exact) mass is 1040 g/mol. The molecule has 1 aromatic rings. The zero-order chi connectivity index (χ0) is 36.1. The van der Waals surface area contributed by atoms with E-state index in [1.807, 2.05) is 0 Å². The van der Waals surface area contributed by atoms with Crippen molar-refractivity contribution in [3.63, 3.8) is 0 Å². The predicted molar refractivity (Wildman–Crippen MR) is 177 cm³/mol. The van der Waals surface area contributed by atoms with Crippen LogP contribution in [0.1, 0.15) is 30.6 Å². The molecule has 3 aliphatic rings. The van der Waals surface area contributed by atoms with Crippen LogP contribution in [0.2, 0.25) is 0 Å². The average molecular weight is 1040 g/mol. The van der Waals surface area contributed by atoms with Crippen LogP contribution in [0, 0.1) is 34.4 Å². The van der Waals surface area contributed by atoms with Crippen molar-refractivity contribution < 1.29 is 78.9 Å². The second-order valence-corrected chi connectivity index (χ2v) is 16.0. The Morgan fingerprint density at radius 2 is 1.69 bits per heavy atom. The van der Waals surface area contributed by atoms with E-state index < -0.39 is 106 Å². The van der Waals surface area contributed by atoms with E-state index >= 15 is 0 Å². The highest BCUT2D eigenvalue weighted by Crippen LogP contribution is 2.59. The Morgan fingerprint density at radius 3 is 2.29 bits per heavy atom. The fraction of sp³-hybridized carbons (Fsp3) is 0.481. The van der Waals surface area contributed by atoms with E-state index in [4.69, 9.17) is 28.2 Å². The number of carbonyl (C=O) groups is 6. The summed E-state index contributed by atoms with van der Waals surface area (Å²) in [4.78, 5) is 75.7. The van der Waals surface area contributed by atoms with E-state index in [2.05, 4.69) is 11.3 Å². The topological polar surface area (TPSA) is 212 Å². The minimum atomic E-state index is -6.10. The van der Waals surface area contributed by atoms with Crippen molar-refractivity contribution >= 4 is 114 Å². The zero-order valence-electron chi connectivity index (χ0n) is 24.4. The Bertz CT molecular complexity index is 1710. The molecule has 0 spiro atoms. The van der Waals surface area contributed by atoms with Crippen LogP contribution in [0.25, 0.3) is 0 Å². The highest BCUT2D eigenvalue weighted by Gasteiger charge is 2.70. The maximum Gasteiger partial charge on any atom is 0.465 e. The molecule has 1 aliphatic heterocycles. The lowest BCUT2D eigenvalue weighted by Crippen LogP contribution is -2.46. The van der Waals surface area contributed by atoms with Crippen molar-refractivity contribution in [2.45, 2.75) is 43.3 Å². The lowest BCUT2D eigenvalue weighted by molar-refractivity contribution is -0.176. The molecule has 1 saturated heterocycles. The fourth-order valence-corrected chi connectivity index (χ4v) is 9.83. The van der Waals surface area contributed by atoms with Gasteiger partial charge in [0.25, 0.3) is 0 Å². The van der Waals surface area contributed by atoms with Gasteiger partial charge in [-0.2, -0.15) is 17.2 Å². The van der Waals surface area contributed by atoms with Crippen molar-refractivity contribution in [3.8, 4) is 5.75 Å². The van der Waals surface area contributed by atoms with Crippen molar-refractivity contribution in [1.29, 1.82) is 0 Å². The first-order valence-corrected chi connectivity index (χ1v) is 18.2. The molecule has 0 aromatic heterocycles. The van der Waals surface area contributed by atoms with Crippen molar-refractivity contribution in [2.75, 3.05) is 13.2 Å². The molecule has 4 rings (SSSR count). The first kappa shape index (κ1) is 38.5. The van der Waals surface area contributed by atoms with Gasteiger partial charge in [-0.05, 0) is 100 Å². The molecule has 3 fully saturated rings. The number of ether oxygens (including phenoxy) is 6. The Hall–Kier alpha value is -2.26. The van der Waals surface area contributed by atoms with E-state index in [1.165, 1.54) is 12.1 Å². The van der Waals surface area contributed by atoms with Gasteiger partial charge in [0.15, 0.2) is 5.75 Å². The first-order valence-electron chi connectivity index (χ1n) is 13.5. The molecule has 1 aromatic carbocycles. The third-order valence-corrected chi connectivity index (χ3v) is 11.2. The van der Waals surface area contributed by atoms with Crippen LogP contribution in [0.15, 0.2) is 18.7 Å².